The minimum Gasteiger partial charge on any atom is -0.497 e. The van der Waals surface area contributed by atoms with E-state index < -0.39 is 0 Å². The van der Waals surface area contributed by atoms with E-state index >= 15 is 0 Å². The lowest BCUT2D eigenvalue weighted by Crippen LogP contribution is -2.08. The van der Waals surface area contributed by atoms with Gasteiger partial charge in [0.05, 0.1) is 14.2 Å². The van der Waals surface area contributed by atoms with Gasteiger partial charge in [0.15, 0.2) is 0 Å². The molecule has 0 radical (unpaired) electrons. The van der Waals surface area contributed by atoms with Gasteiger partial charge in [0.1, 0.15) is 17.3 Å². The molecule has 0 saturated carbocycles. The number of amides is 1. The third kappa shape index (κ3) is 4.34. The molecule has 0 aliphatic heterocycles. The van der Waals surface area contributed by atoms with Gasteiger partial charge in [-0.05, 0) is 23.8 Å². The highest BCUT2D eigenvalue weighted by Crippen LogP contribution is 2.25. The molecule has 22 heavy (non-hydrogen) atoms. The summed E-state index contributed by atoms with van der Waals surface area (Å²) in [5, 5.41) is 2.70. The number of nitrogens with one attached hydrogen (secondary N) is 1. The Labute approximate surface area is 128 Å². The van der Waals surface area contributed by atoms with Crippen LogP contribution in [0.1, 0.15) is 5.56 Å². The van der Waals surface area contributed by atoms with Crippen LogP contribution in [0.2, 0.25) is 0 Å². The van der Waals surface area contributed by atoms with Gasteiger partial charge in [0.25, 0.3) is 0 Å². The van der Waals surface area contributed by atoms with E-state index in [4.69, 9.17) is 9.47 Å². The summed E-state index contributed by atoms with van der Waals surface area (Å²) >= 11 is 0. The largest absolute Gasteiger partial charge is 0.497 e. The normalized spacial score (nSPS) is 10.5. The smallest absolute Gasteiger partial charge is 0.248 e. The summed E-state index contributed by atoms with van der Waals surface area (Å²) in [7, 11) is 3.06. The molecule has 0 atom stereocenters. The number of carbonyl (C=O) groups is 1. The first-order chi connectivity index (χ1) is 10.6. The van der Waals surface area contributed by atoms with Gasteiger partial charge in [-0.25, -0.2) is 4.39 Å². The molecular weight excluding hydrogens is 285 g/mol. The predicted molar refractivity (Wildman–Crippen MR) is 83.6 cm³/mol. The minimum absolute atomic E-state index is 0.334. The molecular formula is C17H16FNO3. The second-order valence-electron chi connectivity index (χ2n) is 4.48. The molecule has 2 aromatic carbocycles. The van der Waals surface area contributed by atoms with Crippen molar-refractivity contribution in [2.24, 2.45) is 0 Å². The van der Waals surface area contributed by atoms with Crippen LogP contribution in [0.3, 0.4) is 0 Å². The molecule has 5 heteroatoms. The van der Waals surface area contributed by atoms with Gasteiger partial charge in [-0.3, -0.25) is 4.79 Å². The van der Waals surface area contributed by atoms with Gasteiger partial charge >= 0.3 is 0 Å². The van der Waals surface area contributed by atoms with E-state index in [1.54, 1.807) is 30.3 Å². The lowest BCUT2D eigenvalue weighted by atomic mass is 10.2. The van der Waals surface area contributed by atoms with Crippen LogP contribution in [-0.2, 0) is 4.79 Å². The highest BCUT2D eigenvalue weighted by Gasteiger charge is 2.04. The summed E-state index contributed by atoms with van der Waals surface area (Å²) in [6.07, 6.45) is 2.87. The molecule has 1 amide bonds. The van der Waals surface area contributed by atoms with Crippen LogP contribution >= 0.6 is 0 Å². The van der Waals surface area contributed by atoms with E-state index in [0.29, 0.717) is 22.7 Å². The number of anilines is 1. The number of benzene rings is 2. The number of carbonyl (C=O) groups excluding carboxylic acids is 1. The molecule has 4 nitrogen and oxygen atoms in total. The van der Waals surface area contributed by atoms with Crippen molar-refractivity contribution >= 4 is 17.7 Å². The Morgan fingerprint density at radius 3 is 2.36 bits per heavy atom. The first kappa shape index (κ1) is 15.6. The maximum absolute atomic E-state index is 13.0. The molecule has 0 fully saturated rings. The number of hydrogen-bond acceptors (Lipinski definition) is 3. The molecule has 0 unspecified atom stereocenters. The molecule has 2 aromatic rings. The first-order valence-electron chi connectivity index (χ1n) is 6.58. The van der Waals surface area contributed by atoms with E-state index in [2.05, 4.69) is 5.32 Å². The van der Waals surface area contributed by atoms with E-state index in [1.165, 1.54) is 38.5 Å². The van der Waals surface area contributed by atoms with E-state index in [9.17, 15) is 9.18 Å². The van der Waals surface area contributed by atoms with Crippen molar-refractivity contribution in [1.29, 1.82) is 0 Å². The average Bonchev–Trinajstić information content (AvgIpc) is 2.52. The Morgan fingerprint density at radius 1 is 1.09 bits per heavy atom. The van der Waals surface area contributed by atoms with Crippen LogP contribution in [-0.4, -0.2) is 20.1 Å². The van der Waals surface area contributed by atoms with Crippen LogP contribution in [0.4, 0.5) is 10.1 Å². The SMILES string of the molecule is COc1cc(NC(=O)/C=C/c2cccc(F)c2)cc(OC)c1. The maximum atomic E-state index is 13.0. The zero-order valence-electron chi connectivity index (χ0n) is 12.3. The van der Waals surface area contributed by atoms with Crippen molar-refractivity contribution in [2.75, 3.05) is 19.5 Å². The van der Waals surface area contributed by atoms with Crippen LogP contribution in [0, 0.1) is 5.82 Å². The summed E-state index contributed by atoms with van der Waals surface area (Å²) in [6, 6.07) is 11.0. The van der Waals surface area contributed by atoms with Gasteiger partial charge in [-0.2, -0.15) is 0 Å². The highest BCUT2D eigenvalue weighted by atomic mass is 19.1. The molecule has 114 valence electrons. The van der Waals surface area contributed by atoms with Gasteiger partial charge in [-0.15, -0.1) is 0 Å². The quantitative estimate of drug-likeness (QED) is 0.860. The summed E-state index contributed by atoms with van der Waals surface area (Å²) in [6.45, 7) is 0. The molecule has 0 spiro atoms. The van der Waals surface area contributed by atoms with Crippen molar-refractivity contribution in [3.05, 3.63) is 59.9 Å². The zero-order chi connectivity index (χ0) is 15.9. The summed E-state index contributed by atoms with van der Waals surface area (Å²) in [4.78, 5) is 11.9. The average molecular weight is 301 g/mol. The van der Waals surface area contributed by atoms with E-state index in [1.807, 2.05) is 0 Å². The Bertz CT molecular complexity index is 676. The first-order valence-corrected chi connectivity index (χ1v) is 6.58. The lowest BCUT2D eigenvalue weighted by Gasteiger charge is -2.08. The monoisotopic (exact) mass is 301 g/mol. The second kappa shape index (κ2) is 7.26. The van der Waals surface area contributed by atoms with Crippen molar-refractivity contribution in [2.45, 2.75) is 0 Å². The maximum Gasteiger partial charge on any atom is 0.248 e. The molecule has 0 heterocycles. The van der Waals surface area contributed by atoms with Crippen molar-refractivity contribution in [3.63, 3.8) is 0 Å². The van der Waals surface area contributed by atoms with Gasteiger partial charge in [-0.1, -0.05) is 12.1 Å². The third-order valence-corrected chi connectivity index (χ3v) is 2.89. The molecule has 0 aliphatic rings. The fourth-order valence-electron chi connectivity index (χ4n) is 1.85. The number of halogens is 1. The van der Waals surface area contributed by atoms with Crippen LogP contribution in [0.15, 0.2) is 48.5 Å². The van der Waals surface area contributed by atoms with E-state index in [-0.39, 0.29) is 11.7 Å². The van der Waals surface area contributed by atoms with Gasteiger partial charge < -0.3 is 14.8 Å². The van der Waals surface area contributed by atoms with Gasteiger partial charge in [0, 0.05) is 30.0 Å². The number of hydrogen-bond donors (Lipinski definition) is 1. The van der Waals surface area contributed by atoms with Crippen LogP contribution in [0.25, 0.3) is 6.08 Å². The molecule has 2 rings (SSSR count). The fraction of sp³-hybridized carbons (Fsp3) is 0.118. The Balaban J connectivity index is 2.08. The van der Waals surface area contributed by atoms with Crippen LogP contribution in [0.5, 0.6) is 11.5 Å². The third-order valence-electron chi connectivity index (χ3n) is 2.89. The summed E-state index contributed by atoms with van der Waals surface area (Å²) in [5.41, 5.74) is 1.16. The van der Waals surface area contributed by atoms with Crippen molar-refractivity contribution in [1.82, 2.24) is 0 Å². The number of ether oxygens (including phenoxy) is 2. The Hall–Kier alpha value is -2.82. The molecule has 1 N–H and O–H groups in total. The topological polar surface area (TPSA) is 47.6 Å². The zero-order valence-corrected chi connectivity index (χ0v) is 12.3. The van der Waals surface area contributed by atoms with Crippen LogP contribution < -0.4 is 14.8 Å². The molecule has 0 aliphatic carbocycles. The standard InChI is InChI=1S/C17H16FNO3/c1-21-15-9-14(10-16(11-15)22-2)19-17(20)7-6-12-4-3-5-13(18)8-12/h3-11H,1-2H3,(H,19,20)/b7-6+. The number of methoxy groups -OCH3 is 2. The molecule has 0 saturated heterocycles. The van der Waals surface area contributed by atoms with Gasteiger partial charge in [0.2, 0.25) is 5.91 Å². The van der Waals surface area contributed by atoms with Crippen molar-refractivity contribution in [3.8, 4) is 11.5 Å². The highest BCUT2D eigenvalue weighted by molar-refractivity contribution is 6.02. The lowest BCUT2D eigenvalue weighted by molar-refractivity contribution is -0.111. The summed E-state index contributed by atoms with van der Waals surface area (Å²) < 4.78 is 23.3. The summed E-state index contributed by atoms with van der Waals surface area (Å²) in [5.74, 6) is 0.465. The minimum atomic E-state index is -0.347. The molecule has 0 bridgehead atoms. The Morgan fingerprint density at radius 2 is 1.77 bits per heavy atom. The molecule has 0 aromatic heterocycles. The van der Waals surface area contributed by atoms with Crippen molar-refractivity contribution < 1.29 is 18.7 Å². The van der Waals surface area contributed by atoms with E-state index in [0.717, 1.165) is 0 Å². The fourth-order valence-corrected chi connectivity index (χ4v) is 1.85. The predicted octanol–water partition coefficient (Wildman–Crippen LogP) is 3.49. The second-order valence-corrected chi connectivity index (χ2v) is 4.48. The number of rotatable bonds is 5. The Kier molecular flexibility index (Phi) is 5.14.